The molecule has 0 saturated carbocycles. The summed E-state index contributed by atoms with van der Waals surface area (Å²) in [5, 5.41) is 1.08. The molecule has 0 bridgehead atoms. The van der Waals surface area contributed by atoms with Gasteiger partial charge in [-0.05, 0) is 35.3 Å². The molecule has 0 fully saturated rings. The summed E-state index contributed by atoms with van der Waals surface area (Å²) in [5.74, 6) is 0.734. The maximum absolute atomic E-state index is 3.63. The molecular weight excluding hydrogens is 236 g/mol. The SMILES string of the molecule is CC(C)(CBr)C1CCc2ccccc21. The van der Waals surface area contributed by atoms with Crippen LogP contribution in [0.1, 0.15) is 37.3 Å². The fourth-order valence-corrected chi connectivity index (χ4v) is 2.85. The summed E-state index contributed by atoms with van der Waals surface area (Å²) in [5.41, 5.74) is 3.52. The van der Waals surface area contributed by atoms with E-state index >= 15 is 0 Å². The Labute approximate surface area is 94.8 Å². The second kappa shape index (κ2) is 3.69. The molecule has 0 saturated heterocycles. The lowest BCUT2D eigenvalue weighted by Gasteiger charge is -2.30. The fraction of sp³-hybridized carbons (Fsp3) is 0.538. The van der Waals surface area contributed by atoms with Gasteiger partial charge in [0.2, 0.25) is 0 Å². The van der Waals surface area contributed by atoms with Gasteiger partial charge in [-0.2, -0.15) is 0 Å². The van der Waals surface area contributed by atoms with Crippen LogP contribution in [0.15, 0.2) is 24.3 Å². The Bertz CT molecular complexity index is 328. The van der Waals surface area contributed by atoms with Crippen molar-refractivity contribution in [1.82, 2.24) is 0 Å². The molecule has 0 radical (unpaired) electrons. The average Bonchev–Trinajstić information content (AvgIpc) is 2.61. The van der Waals surface area contributed by atoms with Crippen molar-refractivity contribution in [1.29, 1.82) is 0 Å². The molecule has 1 aromatic rings. The number of hydrogen-bond acceptors (Lipinski definition) is 0. The highest BCUT2D eigenvalue weighted by Crippen LogP contribution is 2.45. The Hall–Kier alpha value is -0.300. The molecule has 0 aliphatic heterocycles. The Morgan fingerprint density at radius 2 is 2.07 bits per heavy atom. The molecule has 0 heterocycles. The van der Waals surface area contributed by atoms with E-state index in [1.807, 2.05) is 0 Å². The maximum atomic E-state index is 3.63. The number of alkyl halides is 1. The highest BCUT2D eigenvalue weighted by Gasteiger charge is 2.34. The summed E-state index contributed by atoms with van der Waals surface area (Å²) in [6.45, 7) is 4.71. The van der Waals surface area contributed by atoms with Crippen LogP contribution in [0, 0.1) is 5.41 Å². The molecule has 0 nitrogen and oxygen atoms in total. The molecule has 2 rings (SSSR count). The molecule has 1 aliphatic carbocycles. The normalized spacial score (nSPS) is 20.9. The average molecular weight is 253 g/mol. The van der Waals surface area contributed by atoms with E-state index in [0.717, 1.165) is 11.2 Å². The molecule has 1 aliphatic rings. The first-order valence-corrected chi connectivity index (χ1v) is 6.41. The van der Waals surface area contributed by atoms with Crippen LogP contribution < -0.4 is 0 Å². The zero-order valence-corrected chi connectivity index (χ0v) is 10.5. The number of rotatable bonds is 2. The van der Waals surface area contributed by atoms with E-state index in [1.54, 1.807) is 11.1 Å². The smallest absolute Gasteiger partial charge is 0.00885 e. The lowest BCUT2D eigenvalue weighted by Crippen LogP contribution is -2.21. The van der Waals surface area contributed by atoms with E-state index in [4.69, 9.17) is 0 Å². The van der Waals surface area contributed by atoms with Crippen molar-refractivity contribution < 1.29 is 0 Å². The molecule has 76 valence electrons. The molecule has 1 unspecified atom stereocenters. The lowest BCUT2D eigenvalue weighted by atomic mass is 9.77. The monoisotopic (exact) mass is 252 g/mol. The number of benzene rings is 1. The second-order valence-electron chi connectivity index (χ2n) is 4.91. The van der Waals surface area contributed by atoms with Crippen molar-refractivity contribution in [3.63, 3.8) is 0 Å². The van der Waals surface area contributed by atoms with E-state index in [1.165, 1.54) is 12.8 Å². The maximum Gasteiger partial charge on any atom is 0.00885 e. The summed E-state index contributed by atoms with van der Waals surface area (Å²) >= 11 is 3.63. The predicted molar refractivity (Wildman–Crippen MR) is 65.1 cm³/mol. The molecule has 0 aromatic heterocycles. The second-order valence-corrected chi connectivity index (χ2v) is 5.47. The van der Waals surface area contributed by atoms with Crippen molar-refractivity contribution in [2.75, 3.05) is 5.33 Å². The van der Waals surface area contributed by atoms with Crippen molar-refractivity contribution in [2.45, 2.75) is 32.6 Å². The summed E-state index contributed by atoms with van der Waals surface area (Å²) in [7, 11) is 0. The van der Waals surface area contributed by atoms with Crippen LogP contribution in [0.2, 0.25) is 0 Å². The van der Waals surface area contributed by atoms with Crippen LogP contribution in [-0.2, 0) is 6.42 Å². The Morgan fingerprint density at radius 3 is 2.79 bits per heavy atom. The van der Waals surface area contributed by atoms with Gasteiger partial charge >= 0.3 is 0 Å². The van der Waals surface area contributed by atoms with E-state index in [2.05, 4.69) is 54.0 Å². The van der Waals surface area contributed by atoms with E-state index in [0.29, 0.717) is 5.41 Å². The number of hydrogen-bond donors (Lipinski definition) is 0. The van der Waals surface area contributed by atoms with Gasteiger partial charge in [0.05, 0.1) is 0 Å². The van der Waals surface area contributed by atoms with Crippen molar-refractivity contribution in [3.05, 3.63) is 35.4 Å². The van der Waals surface area contributed by atoms with Crippen molar-refractivity contribution >= 4 is 15.9 Å². The standard InChI is InChI=1S/C13H17Br/c1-13(2,9-14)12-8-7-10-5-3-4-6-11(10)12/h3-6,12H,7-9H2,1-2H3. The Morgan fingerprint density at radius 1 is 1.36 bits per heavy atom. The van der Waals surface area contributed by atoms with Gasteiger partial charge in [-0.3, -0.25) is 0 Å². The zero-order chi connectivity index (χ0) is 10.2. The van der Waals surface area contributed by atoms with Crippen LogP contribution in [0.25, 0.3) is 0 Å². The molecule has 14 heavy (non-hydrogen) atoms. The molecular formula is C13H17Br. The third-order valence-electron chi connectivity index (χ3n) is 3.42. The van der Waals surface area contributed by atoms with E-state index < -0.39 is 0 Å². The van der Waals surface area contributed by atoms with Gasteiger partial charge in [-0.15, -0.1) is 0 Å². The fourth-order valence-electron chi connectivity index (χ4n) is 2.46. The van der Waals surface area contributed by atoms with Crippen LogP contribution in [0.4, 0.5) is 0 Å². The van der Waals surface area contributed by atoms with Crippen molar-refractivity contribution in [3.8, 4) is 0 Å². The van der Waals surface area contributed by atoms with Gasteiger partial charge in [-0.1, -0.05) is 54.0 Å². The van der Waals surface area contributed by atoms with Gasteiger partial charge in [0.1, 0.15) is 0 Å². The van der Waals surface area contributed by atoms with Gasteiger partial charge in [-0.25, -0.2) is 0 Å². The first kappa shape index (κ1) is 10.2. The van der Waals surface area contributed by atoms with Crippen LogP contribution in [-0.4, -0.2) is 5.33 Å². The largest absolute Gasteiger partial charge is 0.0922 e. The predicted octanol–water partition coefficient (Wildman–Crippen LogP) is 4.14. The summed E-state index contributed by atoms with van der Waals surface area (Å²) in [6, 6.07) is 8.90. The Kier molecular flexibility index (Phi) is 2.70. The van der Waals surface area contributed by atoms with E-state index in [-0.39, 0.29) is 0 Å². The lowest BCUT2D eigenvalue weighted by molar-refractivity contribution is 0.330. The van der Waals surface area contributed by atoms with Crippen LogP contribution in [0.5, 0.6) is 0 Å². The first-order chi connectivity index (χ1) is 6.65. The van der Waals surface area contributed by atoms with E-state index in [9.17, 15) is 0 Å². The number of aryl methyl sites for hydroxylation is 1. The van der Waals surface area contributed by atoms with Gasteiger partial charge in [0.25, 0.3) is 0 Å². The third-order valence-corrected chi connectivity index (χ3v) is 4.87. The molecule has 1 aromatic carbocycles. The first-order valence-electron chi connectivity index (χ1n) is 5.29. The summed E-state index contributed by atoms with van der Waals surface area (Å²) < 4.78 is 0. The summed E-state index contributed by atoms with van der Waals surface area (Å²) in [6.07, 6.45) is 2.58. The highest BCUT2D eigenvalue weighted by molar-refractivity contribution is 9.09. The molecule has 0 amide bonds. The third kappa shape index (κ3) is 1.63. The van der Waals surface area contributed by atoms with Gasteiger partial charge in [0, 0.05) is 5.33 Å². The minimum absolute atomic E-state index is 0.382. The molecule has 0 N–H and O–H groups in total. The van der Waals surface area contributed by atoms with Crippen LogP contribution >= 0.6 is 15.9 Å². The van der Waals surface area contributed by atoms with Crippen molar-refractivity contribution in [2.24, 2.45) is 5.41 Å². The van der Waals surface area contributed by atoms with Crippen LogP contribution in [0.3, 0.4) is 0 Å². The van der Waals surface area contributed by atoms with Gasteiger partial charge < -0.3 is 0 Å². The van der Waals surface area contributed by atoms with Gasteiger partial charge in [0.15, 0.2) is 0 Å². The minimum atomic E-state index is 0.382. The molecule has 1 atom stereocenters. The quantitative estimate of drug-likeness (QED) is 0.695. The number of fused-ring (bicyclic) bond motifs is 1. The Balaban J connectivity index is 2.35. The summed E-state index contributed by atoms with van der Waals surface area (Å²) in [4.78, 5) is 0. The topological polar surface area (TPSA) is 0 Å². The molecule has 0 spiro atoms. The minimum Gasteiger partial charge on any atom is -0.0922 e. The highest BCUT2D eigenvalue weighted by atomic mass is 79.9. The molecule has 1 heteroatoms. The number of halogens is 1. The zero-order valence-electron chi connectivity index (χ0n) is 8.89.